The number of benzene rings is 3. The first-order valence-corrected chi connectivity index (χ1v) is 11.0. The molecule has 4 N–H and O–H groups in total. The molecule has 3 aromatic carbocycles. The molecule has 7 nitrogen and oxygen atoms in total. The quantitative estimate of drug-likeness (QED) is 0.393. The van der Waals surface area contributed by atoms with E-state index < -0.39 is 0 Å². The van der Waals surface area contributed by atoms with Gasteiger partial charge < -0.3 is 30.5 Å². The molecule has 1 saturated heterocycles. The minimum atomic E-state index is 0.0116. The number of likely N-dealkylation sites (N-methyl/N-ethyl adjacent to an activating group) is 1. The number of hydrogen-bond acceptors (Lipinski definition) is 6. The van der Waals surface area contributed by atoms with Crippen LogP contribution in [0, 0.1) is 0 Å². The van der Waals surface area contributed by atoms with Crippen LogP contribution in [-0.2, 0) is 0 Å². The summed E-state index contributed by atoms with van der Waals surface area (Å²) in [5, 5.41) is 16.8. The number of phenols is 1. The molecule has 162 valence electrons. The van der Waals surface area contributed by atoms with Crippen molar-refractivity contribution in [2.45, 2.75) is 6.17 Å². The monoisotopic (exact) mass is 426 g/mol. The van der Waals surface area contributed by atoms with Crippen molar-refractivity contribution in [3.8, 4) is 17.1 Å². The van der Waals surface area contributed by atoms with E-state index in [-0.39, 0.29) is 11.9 Å². The van der Waals surface area contributed by atoms with Gasteiger partial charge in [-0.3, -0.25) is 0 Å². The second-order valence-electron chi connectivity index (χ2n) is 8.65. The molecular weight excluding hydrogens is 400 g/mol. The molecule has 2 aliphatic rings. The number of nitrogens with zero attached hydrogens (tertiary/aromatic N) is 3. The van der Waals surface area contributed by atoms with Crippen LogP contribution in [-0.4, -0.2) is 53.2 Å². The molecule has 0 spiro atoms. The van der Waals surface area contributed by atoms with Gasteiger partial charge in [-0.25, -0.2) is 4.98 Å². The summed E-state index contributed by atoms with van der Waals surface area (Å²) < 4.78 is 0. The highest BCUT2D eigenvalue weighted by atomic mass is 16.3. The fraction of sp³-hybridized carbons (Fsp3) is 0.240. The van der Waals surface area contributed by atoms with Gasteiger partial charge in [-0.2, -0.15) is 0 Å². The van der Waals surface area contributed by atoms with E-state index in [9.17, 15) is 5.11 Å². The largest absolute Gasteiger partial charge is 0.508 e. The van der Waals surface area contributed by atoms with E-state index in [0.717, 1.165) is 65.5 Å². The maximum absolute atomic E-state index is 9.53. The Hall–Kier alpha value is -3.71. The number of piperazine rings is 1. The van der Waals surface area contributed by atoms with Crippen LogP contribution in [0.4, 0.5) is 17.1 Å². The Morgan fingerprint density at radius 1 is 0.875 bits per heavy atom. The van der Waals surface area contributed by atoms with Crippen LogP contribution in [0.1, 0.15) is 11.7 Å². The smallest absolute Gasteiger partial charge is 0.138 e. The Bertz CT molecular complexity index is 1270. The van der Waals surface area contributed by atoms with Crippen molar-refractivity contribution in [2.24, 2.45) is 0 Å². The molecule has 4 aromatic rings. The molecule has 0 radical (unpaired) electrons. The third-order valence-electron chi connectivity index (χ3n) is 6.45. The topological polar surface area (TPSA) is 79.4 Å². The van der Waals surface area contributed by atoms with E-state index in [4.69, 9.17) is 4.98 Å². The van der Waals surface area contributed by atoms with Crippen LogP contribution >= 0.6 is 0 Å². The van der Waals surface area contributed by atoms with Crippen molar-refractivity contribution in [3.63, 3.8) is 0 Å². The number of imidazole rings is 1. The van der Waals surface area contributed by atoms with E-state index in [0.29, 0.717) is 0 Å². The molecule has 7 heteroatoms. The summed E-state index contributed by atoms with van der Waals surface area (Å²) in [6.07, 6.45) is 0.0116. The number of aromatic nitrogens is 2. The highest BCUT2D eigenvalue weighted by Crippen LogP contribution is 2.38. The summed E-state index contributed by atoms with van der Waals surface area (Å²) in [5.74, 6) is 1.05. The normalized spacial score (nSPS) is 18.4. The van der Waals surface area contributed by atoms with Crippen LogP contribution in [0.15, 0.2) is 60.7 Å². The fourth-order valence-electron chi connectivity index (χ4n) is 4.52. The Balaban J connectivity index is 1.23. The van der Waals surface area contributed by atoms with Crippen molar-refractivity contribution < 1.29 is 5.11 Å². The van der Waals surface area contributed by atoms with E-state index in [1.54, 1.807) is 12.1 Å². The average molecular weight is 427 g/mol. The van der Waals surface area contributed by atoms with Gasteiger partial charge in [0.25, 0.3) is 0 Å². The minimum absolute atomic E-state index is 0.0116. The third-order valence-corrected chi connectivity index (χ3v) is 6.45. The zero-order chi connectivity index (χ0) is 21.7. The Morgan fingerprint density at radius 3 is 2.47 bits per heavy atom. The molecule has 1 unspecified atom stereocenters. The lowest BCUT2D eigenvalue weighted by atomic mass is 10.1. The molecule has 1 atom stereocenters. The molecule has 0 amide bonds. The Kier molecular flexibility index (Phi) is 4.43. The van der Waals surface area contributed by atoms with Gasteiger partial charge in [-0.05, 0) is 67.2 Å². The highest BCUT2D eigenvalue weighted by Gasteiger charge is 2.23. The van der Waals surface area contributed by atoms with Gasteiger partial charge >= 0.3 is 0 Å². The molecule has 1 aromatic heterocycles. The van der Waals surface area contributed by atoms with E-state index in [1.807, 2.05) is 18.2 Å². The Morgan fingerprint density at radius 2 is 1.66 bits per heavy atom. The first-order chi connectivity index (χ1) is 15.6. The number of H-pyrrole nitrogens is 1. The molecule has 1 fully saturated rings. The van der Waals surface area contributed by atoms with Gasteiger partial charge in [0, 0.05) is 37.4 Å². The van der Waals surface area contributed by atoms with E-state index in [1.165, 1.54) is 5.69 Å². The van der Waals surface area contributed by atoms with Crippen molar-refractivity contribution in [1.82, 2.24) is 14.9 Å². The van der Waals surface area contributed by atoms with Gasteiger partial charge in [0.1, 0.15) is 17.7 Å². The first kappa shape index (κ1) is 19.0. The number of phenolic OH excluding ortho intramolecular Hbond substituents is 1. The second kappa shape index (κ2) is 7.46. The predicted octanol–water partition coefficient (Wildman–Crippen LogP) is 4.22. The SMILES string of the molecule is CN1CCN(c2ccc3c(c2)NC(c2ccc4nc(-c5ccc(O)cc5)[nH]c4c2)N3)CC1. The van der Waals surface area contributed by atoms with E-state index in [2.05, 4.69) is 62.8 Å². The average Bonchev–Trinajstić information content (AvgIpc) is 3.43. The number of aromatic hydroxyl groups is 1. The van der Waals surface area contributed by atoms with Crippen LogP contribution < -0.4 is 15.5 Å². The molecule has 0 saturated carbocycles. The lowest BCUT2D eigenvalue weighted by molar-refractivity contribution is 0.313. The Labute approximate surface area is 186 Å². The number of nitrogens with one attached hydrogen (secondary N) is 3. The summed E-state index contributed by atoms with van der Waals surface area (Å²) in [6, 6.07) is 20.0. The van der Waals surface area contributed by atoms with Gasteiger partial charge in [0.05, 0.1) is 22.4 Å². The molecular formula is C25H26N6O. The van der Waals surface area contributed by atoms with Gasteiger partial charge in [0.15, 0.2) is 0 Å². The van der Waals surface area contributed by atoms with Crippen LogP contribution in [0.2, 0.25) is 0 Å². The lowest BCUT2D eigenvalue weighted by Gasteiger charge is -2.34. The summed E-state index contributed by atoms with van der Waals surface area (Å²) in [6.45, 7) is 4.32. The molecule has 6 rings (SSSR count). The highest BCUT2D eigenvalue weighted by molar-refractivity contribution is 5.82. The van der Waals surface area contributed by atoms with Gasteiger partial charge in [-0.1, -0.05) is 6.07 Å². The van der Waals surface area contributed by atoms with Crippen molar-refractivity contribution in [2.75, 3.05) is 48.8 Å². The molecule has 0 bridgehead atoms. The molecule has 0 aliphatic carbocycles. The second-order valence-corrected chi connectivity index (χ2v) is 8.65. The zero-order valence-corrected chi connectivity index (χ0v) is 18.0. The maximum Gasteiger partial charge on any atom is 0.138 e. The summed E-state index contributed by atoms with van der Waals surface area (Å²) in [4.78, 5) is 12.9. The minimum Gasteiger partial charge on any atom is -0.508 e. The standard InChI is InChI=1S/C25H26N6O/c1-30-10-12-31(13-11-30)18-5-9-21-23(15-18)29-25(27-21)17-4-8-20-22(14-17)28-24(26-20)16-2-6-19(32)7-3-16/h2-9,14-15,25,27,29,32H,10-13H2,1H3,(H,26,28). The summed E-state index contributed by atoms with van der Waals surface area (Å²) in [7, 11) is 2.18. The van der Waals surface area contributed by atoms with Crippen molar-refractivity contribution in [3.05, 3.63) is 66.2 Å². The molecule has 32 heavy (non-hydrogen) atoms. The van der Waals surface area contributed by atoms with Gasteiger partial charge in [0.2, 0.25) is 0 Å². The summed E-state index contributed by atoms with van der Waals surface area (Å²) in [5.41, 5.74) is 7.54. The van der Waals surface area contributed by atoms with Crippen LogP contribution in [0.25, 0.3) is 22.4 Å². The van der Waals surface area contributed by atoms with Crippen LogP contribution in [0.5, 0.6) is 5.75 Å². The number of fused-ring (bicyclic) bond motifs is 2. The molecule has 2 aliphatic heterocycles. The molecule has 3 heterocycles. The van der Waals surface area contributed by atoms with Crippen LogP contribution in [0.3, 0.4) is 0 Å². The predicted molar refractivity (Wildman–Crippen MR) is 129 cm³/mol. The fourth-order valence-corrected chi connectivity index (χ4v) is 4.52. The van der Waals surface area contributed by atoms with E-state index >= 15 is 0 Å². The number of hydrogen-bond donors (Lipinski definition) is 4. The third kappa shape index (κ3) is 3.40. The first-order valence-electron chi connectivity index (χ1n) is 11.0. The van der Waals surface area contributed by atoms with Gasteiger partial charge in [-0.15, -0.1) is 0 Å². The lowest BCUT2D eigenvalue weighted by Crippen LogP contribution is -2.44. The maximum atomic E-state index is 9.53. The number of anilines is 3. The number of rotatable bonds is 3. The summed E-state index contributed by atoms with van der Waals surface area (Å²) >= 11 is 0. The van der Waals surface area contributed by atoms with Crippen molar-refractivity contribution >= 4 is 28.1 Å². The number of aromatic amines is 1. The zero-order valence-electron chi connectivity index (χ0n) is 18.0. The van der Waals surface area contributed by atoms with Crippen molar-refractivity contribution in [1.29, 1.82) is 0 Å².